The second-order valence-electron chi connectivity index (χ2n) is 6.94. The molecule has 0 aromatic carbocycles. The molecule has 9 heteroatoms. The molecule has 7 nitrogen and oxygen atoms in total. The summed E-state index contributed by atoms with van der Waals surface area (Å²) in [6, 6.07) is 3.62. The molecule has 1 aliphatic carbocycles. The predicted octanol–water partition coefficient (Wildman–Crippen LogP) is 2.47. The average Bonchev–Trinajstić information content (AvgIpc) is 3.38. The minimum absolute atomic E-state index is 0.0339. The maximum Gasteiger partial charge on any atom is 0.250 e. The van der Waals surface area contributed by atoms with E-state index in [-0.39, 0.29) is 22.6 Å². The zero-order valence-corrected chi connectivity index (χ0v) is 15.9. The summed E-state index contributed by atoms with van der Waals surface area (Å²) in [7, 11) is -3.60. The van der Waals surface area contributed by atoms with Crippen molar-refractivity contribution in [3.63, 3.8) is 0 Å². The molecule has 1 atom stereocenters. The van der Waals surface area contributed by atoms with Crippen molar-refractivity contribution >= 4 is 27.3 Å². The lowest BCUT2D eigenvalue weighted by Crippen LogP contribution is -2.35. The van der Waals surface area contributed by atoms with Crippen molar-refractivity contribution in [1.29, 1.82) is 0 Å². The summed E-state index contributed by atoms with van der Waals surface area (Å²) in [6.45, 7) is 0.937. The molecule has 0 spiro atoms. The highest BCUT2D eigenvalue weighted by molar-refractivity contribution is 7.91. The SMILES string of the molecule is O=C1CC(CNS(=O)(=O)c2cc(-c3ccno3)cs2)CN1C1CCCC1. The van der Waals surface area contributed by atoms with Gasteiger partial charge >= 0.3 is 0 Å². The van der Waals surface area contributed by atoms with Gasteiger partial charge in [-0.25, -0.2) is 13.1 Å². The zero-order valence-electron chi connectivity index (χ0n) is 14.3. The fourth-order valence-corrected chi connectivity index (χ4v) is 6.09. The number of rotatable bonds is 6. The van der Waals surface area contributed by atoms with E-state index in [9.17, 15) is 13.2 Å². The molecule has 2 fully saturated rings. The quantitative estimate of drug-likeness (QED) is 0.811. The molecule has 0 radical (unpaired) electrons. The van der Waals surface area contributed by atoms with Crippen molar-refractivity contribution in [2.24, 2.45) is 5.92 Å². The largest absolute Gasteiger partial charge is 0.356 e. The van der Waals surface area contributed by atoms with E-state index in [2.05, 4.69) is 9.88 Å². The summed E-state index contributed by atoms with van der Waals surface area (Å²) in [4.78, 5) is 14.2. The third kappa shape index (κ3) is 3.56. The van der Waals surface area contributed by atoms with Crippen LogP contribution in [0.4, 0.5) is 0 Å². The number of thiophene rings is 1. The van der Waals surface area contributed by atoms with Gasteiger partial charge in [-0.15, -0.1) is 11.3 Å². The number of sulfonamides is 1. The minimum Gasteiger partial charge on any atom is -0.356 e. The molecule has 0 bridgehead atoms. The van der Waals surface area contributed by atoms with Gasteiger partial charge in [-0.05, 0) is 24.8 Å². The maximum atomic E-state index is 12.5. The van der Waals surface area contributed by atoms with E-state index in [1.165, 1.54) is 19.0 Å². The van der Waals surface area contributed by atoms with E-state index in [1.807, 2.05) is 4.90 Å². The highest BCUT2D eigenvalue weighted by Gasteiger charge is 2.35. The number of likely N-dealkylation sites (tertiary alicyclic amines) is 1. The minimum atomic E-state index is -3.60. The Morgan fingerprint density at radius 3 is 2.88 bits per heavy atom. The van der Waals surface area contributed by atoms with Crippen LogP contribution >= 0.6 is 11.3 Å². The van der Waals surface area contributed by atoms with Gasteiger partial charge in [0.2, 0.25) is 15.9 Å². The Kier molecular flexibility index (Phi) is 4.85. The van der Waals surface area contributed by atoms with E-state index in [0.29, 0.717) is 30.3 Å². The Hall–Kier alpha value is -1.71. The summed E-state index contributed by atoms with van der Waals surface area (Å²) in [5.41, 5.74) is 0.691. The molecule has 4 rings (SSSR count). The third-order valence-electron chi connectivity index (χ3n) is 5.13. The molecule has 2 aromatic heterocycles. The lowest BCUT2D eigenvalue weighted by Gasteiger charge is -2.24. The van der Waals surface area contributed by atoms with Crippen molar-refractivity contribution in [2.45, 2.75) is 42.4 Å². The van der Waals surface area contributed by atoms with Crippen LogP contribution in [-0.4, -0.2) is 43.5 Å². The summed E-state index contributed by atoms with van der Waals surface area (Å²) in [6.07, 6.45) is 6.45. The molecule has 1 unspecified atom stereocenters. The predicted molar refractivity (Wildman–Crippen MR) is 97.1 cm³/mol. The Balaban J connectivity index is 1.37. The Morgan fingerprint density at radius 1 is 1.35 bits per heavy atom. The molecule has 1 saturated carbocycles. The van der Waals surface area contributed by atoms with Crippen molar-refractivity contribution in [1.82, 2.24) is 14.8 Å². The molecule has 2 aliphatic rings. The second kappa shape index (κ2) is 7.13. The Bertz CT molecular complexity index is 870. The molecular weight excluding hydrogens is 374 g/mol. The first kappa shape index (κ1) is 17.7. The number of hydrogen-bond donors (Lipinski definition) is 1. The van der Waals surface area contributed by atoms with Gasteiger partial charge in [0.25, 0.3) is 0 Å². The van der Waals surface area contributed by atoms with Crippen LogP contribution in [0, 0.1) is 5.92 Å². The van der Waals surface area contributed by atoms with Crippen LogP contribution in [-0.2, 0) is 14.8 Å². The molecule has 1 saturated heterocycles. The van der Waals surface area contributed by atoms with Crippen LogP contribution in [0.5, 0.6) is 0 Å². The Morgan fingerprint density at radius 2 is 2.15 bits per heavy atom. The van der Waals surface area contributed by atoms with E-state index in [4.69, 9.17) is 4.52 Å². The van der Waals surface area contributed by atoms with Gasteiger partial charge in [0, 0.05) is 42.6 Å². The Labute approximate surface area is 156 Å². The number of nitrogens with one attached hydrogen (secondary N) is 1. The normalized spacial score (nSPS) is 21.8. The second-order valence-corrected chi connectivity index (χ2v) is 9.84. The lowest BCUT2D eigenvalue weighted by atomic mass is 10.1. The van der Waals surface area contributed by atoms with Crippen LogP contribution in [0.3, 0.4) is 0 Å². The highest BCUT2D eigenvalue weighted by Crippen LogP contribution is 2.30. The van der Waals surface area contributed by atoms with Gasteiger partial charge in [-0.1, -0.05) is 18.0 Å². The number of aromatic nitrogens is 1. The van der Waals surface area contributed by atoms with Crippen molar-refractivity contribution in [3.05, 3.63) is 23.7 Å². The number of carbonyl (C=O) groups is 1. The molecule has 1 amide bonds. The number of carbonyl (C=O) groups excluding carboxylic acids is 1. The monoisotopic (exact) mass is 395 g/mol. The summed E-state index contributed by atoms with van der Waals surface area (Å²) < 4.78 is 33.1. The molecule has 1 aliphatic heterocycles. The topological polar surface area (TPSA) is 92.5 Å². The number of hydrogen-bond acceptors (Lipinski definition) is 6. The van der Waals surface area contributed by atoms with Gasteiger partial charge in [-0.3, -0.25) is 4.79 Å². The molecule has 1 N–H and O–H groups in total. The first-order valence-corrected chi connectivity index (χ1v) is 11.2. The van der Waals surface area contributed by atoms with Crippen LogP contribution in [0.15, 0.2) is 32.4 Å². The lowest BCUT2D eigenvalue weighted by molar-refractivity contribution is -0.129. The molecule has 26 heavy (non-hydrogen) atoms. The number of nitrogens with zero attached hydrogens (tertiary/aromatic N) is 2. The van der Waals surface area contributed by atoms with Gasteiger partial charge in [0.05, 0.1) is 6.20 Å². The first-order chi connectivity index (χ1) is 12.5. The number of amides is 1. The van der Waals surface area contributed by atoms with E-state index in [1.54, 1.807) is 17.5 Å². The molecule has 140 valence electrons. The highest BCUT2D eigenvalue weighted by atomic mass is 32.2. The summed E-state index contributed by atoms with van der Waals surface area (Å²) in [5, 5.41) is 5.37. The average molecular weight is 396 g/mol. The van der Waals surface area contributed by atoms with E-state index < -0.39 is 10.0 Å². The maximum absolute atomic E-state index is 12.5. The molecule has 3 heterocycles. The fourth-order valence-electron chi connectivity index (χ4n) is 3.76. The van der Waals surface area contributed by atoms with Crippen molar-refractivity contribution in [3.8, 4) is 11.3 Å². The van der Waals surface area contributed by atoms with Crippen molar-refractivity contribution < 1.29 is 17.7 Å². The third-order valence-corrected chi connectivity index (χ3v) is 7.99. The van der Waals surface area contributed by atoms with Crippen LogP contribution in [0.1, 0.15) is 32.1 Å². The van der Waals surface area contributed by atoms with Crippen molar-refractivity contribution in [2.75, 3.05) is 13.1 Å². The van der Waals surface area contributed by atoms with E-state index >= 15 is 0 Å². The van der Waals surface area contributed by atoms with Crippen LogP contribution in [0.2, 0.25) is 0 Å². The fraction of sp³-hybridized carbons (Fsp3) is 0.529. The zero-order chi connectivity index (χ0) is 18.1. The van der Waals surface area contributed by atoms with Crippen LogP contribution < -0.4 is 4.72 Å². The van der Waals surface area contributed by atoms with Gasteiger partial charge < -0.3 is 9.42 Å². The first-order valence-electron chi connectivity index (χ1n) is 8.81. The standard InChI is InChI=1S/C17H21N3O4S2/c21-16-7-12(10-20(16)14-3-1-2-4-14)9-19-26(22,23)17-8-13(11-25-17)15-5-6-18-24-15/h5-6,8,11-12,14,19H,1-4,7,9-10H2. The summed E-state index contributed by atoms with van der Waals surface area (Å²) in [5.74, 6) is 0.729. The van der Waals surface area contributed by atoms with Gasteiger partial charge in [-0.2, -0.15) is 0 Å². The molecule has 2 aromatic rings. The van der Waals surface area contributed by atoms with Gasteiger partial charge in [0.15, 0.2) is 5.76 Å². The summed E-state index contributed by atoms with van der Waals surface area (Å²) >= 11 is 1.14. The van der Waals surface area contributed by atoms with Gasteiger partial charge in [0.1, 0.15) is 4.21 Å². The van der Waals surface area contributed by atoms with Crippen LogP contribution in [0.25, 0.3) is 11.3 Å². The smallest absolute Gasteiger partial charge is 0.250 e. The molecular formula is C17H21N3O4S2. The van der Waals surface area contributed by atoms with E-state index in [0.717, 1.165) is 24.2 Å².